The van der Waals surface area contributed by atoms with Crippen LogP contribution in [0.15, 0.2) is 9.22 Å². The smallest absolute Gasteiger partial charge is 0.284 e. The fourth-order valence-corrected chi connectivity index (χ4v) is 1.57. The summed E-state index contributed by atoms with van der Waals surface area (Å²) < 4.78 is 10.5. The highest BCUT2D eigenvalue weighted by atomic mass is 79.9. The molecule has 5 heteroatoms. The van der Waals surface area contributed by atoms with Crippen LogP contribution >= 0.6 is 15.9 Å². The summed E-state index contributed by atoms with van der Waals surface area (Å²) in [5.74, 6) is 1.11. The summed E-state index contributed by atoms with van der Waals surface area (Å²) in [4.78, 5) is 0.462. The van der Waals surface area contributed by atoms with Crippen LogP contribution in [0.3, 0.4) is 0 Å². The van der Waals surface area contributed by atoms with Gasteiger partial charge in [-0.1, -0.05) is 0 Å². The molecule has 1 saturated heterocycles. The molecule has 12 heavy (non-hydrogen) atoms. The van der Waals surface area contributed by atoms with E-state index in [0.29, 0.717) is 10.7 Å². The van der Waals surface area contributed by atoms with Crippen molar-refractivity contribution in [2.45, 2.75) is 18.8 Å². The first kappa shape index (κ1) is 8.19. The van der Waals surface area contributed by atoms with Crippen LogP contribution in [-0.4, -0.2) is 23.4 Å². The zero-order valence-corrected chi connectivity index (χ0v) is 8.08. The molecule has 66 valence electrons. The lowest BCUT2D eigenvalue weighted by Gasteiger charge is -2.18. The summed E-state index contributed by atoms with van der Waals surface area (Å²) in [6.07, 6.45) is 1.96. The number of halogens is 1. The molecule has 0 atom stereocenters. The van der Waals surface area contributed by atoms with Crippen molar-refractivity contribution in [2.75, 3.05) is 13.2 Å². The van der Waals surface area contributed by atoms with Crippen LogP contribution in [0.4, 0.5) is 0 Å². The Bertz CT molecular complexity index is 258. The average Bonchev–Trinajstić information content (AvgIpc) is 2.54. The second-order valence-electron chi connectivity index (χ2n) is 2.78. The molecule has 0 saturated carbocycles. The zero-order valence-electron chi connectivity index (χ0n) is 6.49. The molecule has 0 unspecified atom stereocenters. The van der Waals surface area contributed by atoms with Crippen LogP contribution in [0.2, 0.25) is 0 Å². The van der Waals surface area contributed by atoms with Crippen LogP contribution in [0.25, 0.3) is 0 Å². The second-order valence-corrected chi connectivity index (χ2v) is 3.46. The highest BCUT2D eigenvalue weighted by Crippen LogP contribution is 2.26. The Kier molecular flexibility index (Phi) is 2.41. The van der Waals surface area contributed by atoms with E-state index in [1.807, 2.05) is 0 Å². The van der Waals surface area contributed by atoms with E-state index < -0.39 is 0 Å². The highest BCUT2D eigenvalue weighted by Gasteiger charge is 2.20. The molecule has 0 aromatic carbocycles. The number of nitrogens with zero attached hydrogens (tertiary/aromatic N) is 2. The van der Waals surface area contributed by atoms with Crippen molar-refractivity contribution in [1.29, 1.82) is 0 Å². The molecule has 0 bridgehead atoms. The number of hydrogen-bond acceptors (Lipinski definition) is 4. The summed E-state index contributed by atoms with van der Waals surface area (Å²) in [5, 5.41) is 7.67. The summed E-state index contributed by atoms with van der Waals surface area (Å²) in [6.45, 7) is 1.59. The van der Waals surface area contributed by atoms with Crippen molar-refractivity contribution in [1.82, 2.24) is 10.2 Å². The number of hydrogen-bond donors (Lipinski definition) is 0. The van der Waals surface area contributed by atoms with Gasteiger partial charge in [-0.05, 0) is 12.8 Å². The van der Waals surface area contributed by atoms with E-state index in [4.69, 9.17) is 9.15 Å². The molecule has 0 amide bonds. The highest BCUT2D eigenvalue weighted by molar-refractivity contribution is 9.10. The molecule has 0 spiro atoms. The summed E-state index contributed by atoms with van der Waals surface area (Å²) in [5.41, 5.74) is 0. The standard InChI is InChI=1S/C7H9BrN2O2/c8-7-10-9-6(12-7)5-1-3-11-4-2-5/h5H,1-4H2. The van der Waals surface area contributed by atoms with E-state index in [2.05, 4.69) is 26.1 Å². The predicted molar refractivity (Wildman–Crippen MR) is 44.8 cm³/mol. The number of aromatic nitrogens is 2. The molecule has 1 fully saturated rings. The molecule has 0 radical (unpaired) electrons. The van der Waals surface area contributed by atoms with Gasteiger partial charge in [0.05, 0.1) is 0 Å². The van der Waals surface area contributed by atoms with Crippen LogP contribution in [-0.2, 0) is 4.74 Å². The van der Waals surface area contributed by atoms with Crippen LogP contribution in [0.5, 0.6) is 0 Å². The topological polar surface area (TPSA) is 48.2 Å². The van der Waals surface area contributed by atoms with Crippen molar-refractivity contribution in [2.24, 2.45) is 0 Å². The lowest BCUT2D eigenvalue weighted by Crippen LogP contribution is -2.14. The normalized spacial score (nSPS) is 19.8. The first-order valence-electron chi connectivity index (χ1n) is 3.93. The van der Waals surface area contributed by atoms with Gasteiger partial charge in [0.15, 0.2) is 0 Å². The van der Waals surface area contributed by atoms with Crippen LogP contribution in [0.1, 0.15) is 24.7 Å². The van der Waals surface area contributed by atoms with Gasteiger partial charge in [0.25, 0.3) is 4.80 Å². The third kappa shape index (κ3) is 1.67. The molecule has 1 aliphatic rings. The number of ether oxygens (including phenoxy) is 1. The fourth-order valence-electron chi connectivity index (χ4n) is 1.33. The van der Waals surface area contributed by atoms with Crippen molar-refractivity contribution in [3.63, 3.8) is 0 Å². The fraction of sp³-hybridized carbons (Fsp3) is 0.714. The summed E-state index contributed by atoms with van der Waals surface area (Å²) in [7, 11) is 0. The molecule has 1 aromatic rings. The van der Waals surface area contributed by atoms with E-state index in [-0.39, 0.29) is 0 Å². The van der Waals surface area contributed by atoms with Crippen molar-refractivity contribution in [3.05, 3.63) is 10.7 Å². The second kappa shape index (κ2) is 3.53. The average molecular weight is 233 g/mol. The van der Waals surface area contributed by atoms with Gasteiger partial charge < -0.3 is 9.15 Å². The zero-order chi connectivity index (χ0) is 8.39. The minimum atomic E-state index is 0.387. The minimum Gasteiger partial charge on any atom is -0.415 e. The van der Waals surface area contributed by atoms with Gasteiger partial charge in [-0.2, -0.15) is 0 Å². The van der Waals surface area contributed by atoms with E-state index in [9.17, 15) is 0 Å². The predicted octanol–water partition coefficient (Wildman–Crippen LogP) is 1.73. The first-order valence-corrected chi connectivity index (χ1v) is 4.72. The van der Waals surface area contributed by atoms with Gasteiger partial charge in [0.1, 0.15) is 0 Å². The molecule has 0 aliphatic carbocycles. The van der Waals surface area contributed by atoms with E-state index in [0.717, 1.165) is 31.9 Å². The maximum absolute atomic E-state index is 5.26. The van der Waals surface area contributed by atoms with Gasteiger partial charge in [-0.3, -0.25) is 0 Å². The quantitative estimate of drug-likeness (QED) is 0.740. The van der Waals surface area contributed by atoms with Gasteiger partial charge >= 0.3 is 0 Å². The number of rotatable bonds is 1. The Hall–Kier alpha value is -0.420. The molecule has 1 aliphatic heterocycles. The Morgan fingerprint density at radius 2 is 2.00 bits per heavy atom. The Labute approximate surface area is 78.4 Å². The molecule has 4 nitrogen and oxygen atoms in total. The summed E-state index contributed by atoms with van der Waals surface area (Å²) >= 11 is 3.13. The molecule has 2 rings (SSSR count). The van der Waals surface area contributed by atoms with Gasteiger partial charge in [-0.25, -0.2) is 0 Å². The SMILES string of the molecule is Brc1nnc(C2CCOCC2)o1. The van der Waals surface area contributed by atoms with Crippen LogP contribution in [0, 0.1) is 0 Å². The monoisotopic (exact) mass is 232 g/mol. The Morgan fingerprint density at radius 3 is 2.58 bits per heavy atom. The van der Waals surface area contributed by atoms with Crippen molar-refractivity contribution >= 4 is 15.9 Å². The third-order valence-electron chi connectivity index (χ3n) is 1.99. The maximum Gasteiger partial charge on any atom is 0.284 e. The molecular weight excluding hydrogens is 224 g/mol. The Balaban J connectivity index is 2.08. The van der Waals surface area contributed by atoms with Gasteiger partial charge in [0, 0.05) is 35.1 Å². The Morgan fingerprint density at radius 1 is 1.25 bits per heavy atom. The maximum atomic E-state index is 5.26. The molecule has 1 aromatic heterocycles. The first-order chi connectivity index (χ1) is 5.86. The third-order valence-corrected chi connectivity index (χ3v) is 2.31. The lowest BCUT2D eigenvalue weighted by molar-refractivity contribution is 0.0792. The van der Waals surface area contributed by atoms with Crippen LogP contribution < -0.4 is 0 Å². The van der Waals surface area contributed by atoms with E-state index in [1.54, 1.807) is 0 Å². The largest absolute Gasteiger partial charge is 0.415 e. The molecular formula is C7H9BrN2O2. The van der Waals surface area contributed by atoms with Gasteiger partial charge in [0.2, 0.25) is 5.89 Å². The van der Waals surface area contributed by atoms with Crippen molar-refractivity contribution in [3.8, 4) is 0 Å². The van der Waals surface area contributed by atoms with Crippen molar-refractivity contribution < 1.29 is 9.15 Å². The molecule has 0 N–H and O–H groups in total. The summed E-state index contributed by atoms with van der Waals surface area (Å²) in [6, 6.07) is 0. The van der Waals surface area contributed by atoms with E-state index >= 15 is 0 Å². The minimum absolute atomic E-state index is 0.387. The van der Waals surface area contributed by atoms with E-state index in [1.165, 1.54) is 0 Å². The van der Waals surface area contributed by atoms with Gasteiger partial charge in [-0.15, -0.1) is 10.2 Å². The molecule has 2 heterocycles. The lowest BCUT2D eigenvalue weighted by atomic mass is 10.0.